The maximum absolute atomic E-state index is 12.1. The Morgan fingerprint density at radius 1 is 1.19 bits per heavy atom. The van der Waals surface area contributed by atoms with Crippen LogP contribution < -0.4 is 19.9 Å². The molecule has 1 aliphatic rings. The number of nitrogens with zero attached hydrogens (tertiary/aromatic N) is 4. The van der Waals surface area contributed by atoms with Gasteiger partial charge in [0, 0.05) is 44.6 Å². The van der Waals surface area contributed by atoms with E-state index in [4.69, 9.17) is 4.74 Å². The zero-order chi connectivity index (χ0) is 19.4. The van der Waals surface area contributed by atoms with Crippen LogP contribution in [0.3, 0.4) is 0 Å². The molecule has 1 saturated heterocycles. The lowest BCUT2D eigenvalue weighted by molar-refractivity contribution is 0.0951. The third-order valence-electron chi connectivity index (χ3n) is 5.00. The molecule has 7 nitrogen and oxygen atoms in total. The van der Waals surface area contributed by atoms with E-state index in [1.807, 2.05) is 6.92 Å². The van der Waals surface area contributed by atoms with E-state index in [1.165, 1.54) is 23.9 Å². The first kappa shape index (κ1) is 18.9. The predicted octanol–water partition coefficient (Wildman–Crippen LogP) is 2.18. The van der Waals surface area contributed by atoms with Gasteiger partial charge in [-0.05, 0) is 38.0 Å². The summed E-state index contributed by atoms with van der Waals surface area (Å²) in [5.41, 5.74) is 4.29. The van der Waals surface area contributed by atoms with Gasteiger partial charge < -0.3 is 19.9 Å². The van der Waals surface area contributed by atoms with Gasteiger partial charge in [-0.25, -0.2) is 4.98 Å². The van der Waals surface area contributed by atoms with E-state index >= 15 is 0 Å². The second-order valence-corrected chi connectivity index (χ2v) is 6.65. The highest BCUT2D eigenvalue weighted by Crippen LogP contribution is 2.25. The number of ether oxygens (including phenoxy) is 1. The number of methoxy groups -OCH3 is 1. The molecule has 0 aliphatic carbocycles. The summed E-state index contributed by atoms with van der Waals surface area (Å²) in [5, 5.41) is 2.75. The molecule has 1 aromatic heterocycles. The predicted molar refractivity (Wildman–Crippen MR) is 107 cm³/mol. The van der Waals surface area contributed by atoms with Crippen LogP contribution in [0.15, 0.2) is 24.4 Å². The van der Waals surface area contributed by atoms with Crippen molar-refractivity contribution >= 4 is 17.5 Å². The van der Waals surface area contributed by atoms with Crippen LogP contribution in [0.4, 0.5) is 11.6 Å². The molecule has 1 N–H and O–H groups in total. The Labute approximate surface area is 160 Å². The van der Waals surface area contributed by atoms with Crippen molar-refractivity contribution < 1.29 is 9.53 Å². The highest BCUT2D eigenvalue weighted by Gasteiger charge is 2.22. The number of aryl methyl sites for hydroxylation is 1. The fourth-order valence-corrected chi connectivity index (χ4v) is 3.30. The molecule has 0 saturated carbocycles. The van der Waals surface area contributed by atoms with Crippen LogP contribution in [0.25, 0.3) is 0 Å². The monoisotopic (exact) mass is 369 g/mol. The van der Waals surface area contributed by atoms with E-state index < -0.39 is 0 Å². The summed E-state index contributed by atoms with van der Waals surface area (Å²) < 4.78 is 5.31. The second-order valence-electron chi connectivity index (χ2n) is 6.65. The first-order chi connectivity index (χ1) is 13.0. The van der Waals surface area contributed by atoms with Crippen LogP contribution in [-0.2, 0) is 0 Å². The highest BCUT2D eigenvalue weighted by atomic mass is 16.5. The molecule has 3 rings (SSSR count). The highest BCUT2D eigenvalue weighted by molar-refractivity contribution is 5.96. The average molecular weight is 369 g/mol. The van der Waals surface area contributed by atoms with Crippen molar-refractivity contribution in [3.05, 3.63) is 41.1 Å². The van der Waals surface area contributed by atoms with Crippen LogP contribution in [0.2, 0.25) is 0 Å². The molecule has 1 amide bonds. The van der Waals surface area contributed by atoms with Crippen LogP contribution in [0, 0.1) is 13.8 Å². The fourth-order valence-electron chi connectivity index (χ4n) is 3.30. The molecule has 144 valence electrons. The number of piperazine rings is 1. The van der Waals surface area contributed by atoms with Gasteiger partial charge in [0.25, 0.3) is 5.91 Å². The van der Waals surface area contributed by atoms with Crippen molar-refractivity contribution in [2.24, 2.45) is 0 Å². The zero-order valence-electron chi connectivity index (χ0n) is 16.5. The normalized spacial score (nSPS) is 14.2. The van der Waals surface area contributed by atoms with E-state index in [9.17, 15) is 4.79 Å². The molecular weight excluding hydrogens is 342 g/mol. The third kappa shape index (κ3) is 3.97. The van der Waals surface area contributed by atoms with Crippen LogP contribution in [0.5, 0.6) is 5.88 Å². The smallest absolute Gasteiger partial charge is 0.258 e. The fraction of sp³-hybridized carbons (Fsp3) is 0.450. The van der Waals surface area contributed by atoms with Gasteiger partial charge in [0.2, 0.25) is 11.8 Å². The number of carbonyl (C=O) groups is 1. The Balaban J connectivity index is 1.72. The van der Waals surface area contributed by atoms with Crippen molar-refractivity contribution in [2.75, 3.05) is 49.6 Å². The van der Waals surface area contributed by atoms with Crippen LogP contribution in [-0.4, -0.2) is 55.7 Å². The Kier molecular flexibility index (Phi) is 5.78. The van der Waals surface area contributed by atoms with Crippen molar-refractivity contribution in [1.29, 1.82) is 0 Å². The topological polar surface area (TPSA) is 70.6 Å². The summed E-state index contributed by atoms with van der Waals surface area (Å²) in [7, 11) is 1.52. The summed E-state index contributed by atoms with van der Waals surface area (Å²) in [6.45, 7) is 10.2. The molecule has 0 bridgehead atoms. The molecule has 27 heavy (non-hydrogen) atoms. The summed E-state index contributed by atoms with van der Waals surface area (Å²) in [6.07, 6.45) is 1.54. The molecular formula is C20H27N5O2. The van der Waals surface area contributed by atoms with Gasteiger partial charge in [-0.1, -0.05) is 12.1 Å². The molecule has 1 aromatic carbocycles. The lowest BCUT2D eigenvalue weighted by Crippen LogP contribution is -2.47. The summed E-state index contributed by atoms with van der Waals surface area (Å²) >= 11 is 0. The molecule has 0 unspecified atom stereocenters. The van der Waals surface area contributed by atoms with E-state index in [1.54, 1.807) is 6.20 Å². The Morgan fingerprint density at radius 3 is 2.56 bits per heavy atom. The van der Waals surface area contributed by atoms with Gasteiger partial charge in [-0.3, -0.25) is 4.79 Å². The van der Waals surface area contributed by atoms with E-state index in [0.29, 0.717) is 23.9 Å². The standard InChI is InChI=1S/C20H27N5O2/c1-5-21-18(26)16-13-22-20(23-19(16)27-4)25-11-9-24(10-12-25)17-8-6-7-14(2)15(17)3/h6-8,13H,5,9-12H2,1-4H3,(H,21,26). The minimum atomic E-state index is -0.222. The largest absolute Gasteiger partial charge is 0.480 e. The zero-order valence-corrected chi connectivity index (χ0v) is 16.5. The first-order valence-electron chi connectivity index (χ1n) is 9.30. The molecule has 2 aromatic rings. The van der Waals surface area contributed by atoms with Crippen molar-refractivity contribution in [2.45, 2.75) is 20.8 Å². The van der Waals surface area contributed by atoms with Gasteiger partial charge in [0.15, 0.2) is 0 Å². The van der Waals surface area contributed by atoms with E-state index in [2.05, 4.69) is 57.1 Å². The lowest BCUT2D eigenvalue weighted by Gasteiger charge is -2.37. The molecule has 0 radical (unpaired) electrons. The lowest BCUT2D eigenvalue weighted by atomic mass is 10.1. The number of carbonyl (C=O) groups excluding carboxylic acids is 1. The van der Waals surface area contributed by atoms with Gasteiger partial charge in [-0.2, -0.15) is 4.98 Å². The quantitative estimate of drug-likeness (QED) is 0.871. The summed E-state index contributed by atoms with van der Waals surface area (Å²) in [4.78, 5) is 25.5. The Morgan fingerprint density at radius 2 is 1.89 bits per heavy atom. The molecule has 1 aliphatic heterocycles. The van der Waals surface area contributed by atoms with Crippen LogP contribution in [0.1, 0.15) is 28.4 Å². The van der Waals surface area contributed by atoms with Gasteiger partial charge >= 0.3 is 0 Å². The molecule has 0 spiro atoms. The Hall–Kier alpha value is -2.83. The number of anilines is 2. The SMILES string of the molecule is CCNC(=O)c1cnc(N2CCN(c3cccc(C)c3C)CC2)nc1OC. The summed E-state index contributed by atoms with van der Waals surface area (Å²) in [6, 6.07) is 6.43. The van der Waals surface area contributed by atoms with Gasteiger partial charge in [0.1, 0.15) is 5.56 Å². The van der Waals surface area contributed by atoms with Gasteiger partial charge in [0.05, 0.1) is 7.11 Å². The van der Waals surface area contributed by atoms with Gasteiger partial charge in [-0.15, -0.1) is 0 Å². The molecule has 0 atom stereocenters. The summed E-state index contributed by atoms with van der Waals surface area (Å²) in [5.74, 6) is 0.684. The van der Waals surface area contributed by atoms with E-state index in [-0.39, 0.29) is 5.91 Å². The van der Waals surface area contributed by atoms with Crippen LogP contribution >= 0.6 is 0 Å². The van der Waals surface area contributed by atoms with Crippen molar-refractivity contribution in [3.63, 3.8) is 0 Å². The number of hydrogen-bond donors (Lipinski definition) is 1. The number of amides is 1. The Bertz CT molecular complexity index is 816. The maximum Gasteiger partial charge on any atom is 0.258 e. The molecule has 1 fully saturated rings. The van der Waals surface area contributed by atoms with Crippen molar-refractivity contribution in [1.82, 2.24) is 15.3 Å². The number of rotatable bonds is 5. The number of aromatic nitrogens is 2. The maximum atomic E-state index is 12.1. The minimum absolute atomic E-state index is 0.222. The second kappa shape index (κ2) is 8.24. The number of benzene rings is 1. The van der Waals surface area contributed by atoms with E-state index in [0.717, 1.165) is 26.2 Å². The first-order valence-corrected chi connectivity index (χ1v) is 9.30. The number of nitrogens with one attached hydrogen (secondary N) is 1. The molecule has 2 heterocycles. The minimum Gasteiger partial charge on any atom is -0.480 e. The van der Waals surface area contributed by atoms with Crippen molar-refractivity contribution in [3.8, 4) is 5.88 Å². The number of hydrogen-bond acceptors (Lipinski definition) is 6. The third-order valence-corrected chi connectivity index (χ3v) is 5.00. The average Bonchev–Trinajstić information content (AvgIpc) is 2.70. The molecule has 7 heteroatoms.